The molecule has 0 aliphatic carbocycles. The fraction of sp³-hybridized carbons (Fsp3) is 0.375. The largest absolute Gasteiger partial charge is 0.493 e. The van der Waals surface area contributed by atoms with E-state index >= 15 is 0 Å². The van der Waals surface area contributed by atoms with E-state index in [4.69, 9.17) is 4.74 Å². The highest BCUT2D eigenvalue weighted by Gasteiger charge is 2.06. The maximum absolute atomic E-state index is 11.7. The van der Waals surface area contributed by atoms with Crippen LogP contribution in [-0.2, 0) is 4.79 Å². The van der Waals surface area contributed by atoms with Crippen LogP contribution in [-0.4, -0.2) is 17.5 Å². The Kier molecular flexibility index (Phi) is 5.33. The zero-order chi connectivity index (χ0) is 15.2. The van der Waals surface area contributed by atoms with Gasteiger partial charge in [-0.2, -0.15) is 0 Å². The molecule has 5 heteroatoms. The molecule has 1 heterocycles. The molecule has 0 fully saturated rings. The molecule has 1 amide bonds. The third kappa shape index (κ3) is 4.86. The lowest BCUT2D eigenvalue weighted by Crippen LogP contribution is -2.12. The minimum Gasteiger partial charge on any atom is -0.493 e. The number of carbonyl (C=O) groups excluding carboxylic acids is 1. The van der Waals surface area contributed by atoms with Crippen LogP contribution in [0, 0.1) is 20.8 Å². The normalized spacial score (nSPS) is 10.4. The molecule has 21 heavy (non-hydrogen) atoms. The Hall–Kier alpha value is -1.88. The molecule has 0 radical (unpaired) electrons. The summed E-state index contributed by atoms with van der Waals surface area (Å²) in [5.41, 5.74) is 3.27. The first-order chi connectivity index (χ1) is 10.0. The summed E-state index contributed by atoms with van der Waals surface area (Å²) < 4.78 is 5.70. The molecule has 1 aromatic carbocycles. The highest BCUT2D eigenvalue weighted by atomic mass is 32.1. The molecule has 1 aromatic heterocycles. The average Bonchev–Trinajstić information content (AvgIpc) is 2.82. The second kappa shape index (κ2) is 7.22. The van der Waals surface area contributed by atoms with Crippen LogP contribution in [0.3, 0.4) is 0 Å². The second-order valence-corrected chi connectivity index (χ2v) is 5.92. The van der Waals surface area contributed by atoms with Crippen molar-refractivity contribution in [2.75, 3.05) is 11.9 Å². The van der Waals surface area contributed by atoms with Crippen molar-refractivity contribution in [1.82, 2.24) is 4.98 Å². The van der Waals surface area contributed by atoms with Crippen molar-refractivity contribution in [1.29, 1.82) is 0 Å². The van der Waals surface area contributed by atoms with Gasteiger partial charge in [0.1, 0.15) is 5.75 Å². The minimum atomic E-state index is -0.0198. The fourth-order valence-electron chi connectivity index (χ4n) is 1.97. The van der Waals surface area contributed by atoms with Crippen LogP contribution in [0.25, 0.3) is 0 Å². The van der Waals surface area contributed by atoms with E-state index in [0.29, 0.717) is 24.6 Å². The first-order valence-corrected chi connectivity index (χ1v) is 7.84. The van der Waals surface area contributed by atoms with Gasteiger partial charge in [-0.25, -0.2) is 4.98 Å². The van der Waals surface area contributed by atoms with Crippen molar-refractivity contribution >= 4 is 22.4 Å². The van der Waals surface area contributed by atoms with Crippen molar-refractivity contribution in [3.8, 4) is 5.75 Å². The lowest BCUT2D eigenvalue weighted by Gasteiger charge is -2.09. The summed E-state index contributed by atoms with van der Waals surface area (Å²) >= 11 is 1.44. The molecule has 0 unspecified atom stereocenters. The van der Waals surface area contributed by atoms with Crippen LogP contribution < -0.4 is 10.1 Å². The lowest BCUT2D eigenvalue weighted by molar-refractivity contribution is -0.116. The average molecular weight is 304 g/mol. The number of carbonyl (C=O) groups is 1. The number of rotatable bonds is 6. The number of amides is 1. The van der Waals surface area contributed by atoms with Gasteiger partial charge in [-0.3, -0.25) is 4.79 Å². The van der Waals surface area contributed by atoms with Gasteiger partial charge in [-0.05, 0) is 38.8 Å². The number of hydrogen-bond donors (Lipinski definition) is 1. The van der Waals surface area contributed by atoms with Crippen molar-refractivity contribution < 1.29 is 9.53 Å². The van der Waals surface area contributed by atoms with E-state index in [2.05, 4.69) is 23.3 Å². The van der Waals surface area contributed by atoms with Crippen LogP contribution in [0.4, 0.5) is 5.13 Å². The SMILES string of the molecule is Cc1ccc(OCCCC(=O)Nc2nc(C)cs2)c(C)c1. The van der Waals surface area contributed by atoms with Crippen LogP contribution in [0.1, 0.15) is 29.7 Å². The van der Waals surface area contributed by atoms with E-state index in [-0.39, 0.29) is 5.91 Å². The summed E-state index contributed by atoms with van der Waals surface area (Å²) in [5, 5.41) is 5.37. The minimum absolute atomic E-state index is 0.0198. The molecule has 0 aliphatic heterocycles. The molecule has 2 rings (SSSR count). The summed E-state index contributed by atoms with van der Waals surface area (Å²) in [7, 11) is 0. The third-order valence-corrected chi connectivity index (χ3v) is 3.88. The molecule has 0 aliphatic rings. The molecule has 112 valence electrons. The molecule has 4 nitrogen and oxygen atoms in total. The van der Waals surface area contributed by atoms with Crippen LogP contribution in [0.5, 0.6) is 5.75 Å². The predicted octanol–water partition coefficient (Wildman–Crippen LogP) is 3.87. The molecule has 0 saturated carbocycles. The molecule has 0 atom stereocenters. The fourth-order valence-corrected chi connectivity index (χ4v) is 2.67. The van der Waals surface area contributed by atoms with Crippen LogP contribution in [0.15, 0.2) is 23.6 Å². The predicted molar refractivity (Wildman–Crippen MR) is 86.1 cm³/mol. The zero-order valence-electron chi connectivity index (χ0n) is 12.6. The Morgan fingerprint density at radius 1 is 1.33 bits per heavy atom. The zero-order valence-corrected chi connectivity index (χ0v) is 13.4. The van der Waals surface area contributed by atoms with Gasteiger partial charge >= 0.3 is 0 Å². The van der Waals surface area contributed by atoms with Gasteiger partial charge in [0.2, 0.25) is 5.91 Å². The summed E-state index contributed by atoms with van der Waals surface area (Å²) in [4.78, 5) is 15.9. The Bertz CT molecular complexity index is 622. The van der Waals surface area contributed by atoms with Crippen molar-refractivity contribution in [3.63, 3.8) is 0 Å². The number of aryl methyl sites for hydroxylation is 3. The second-order valence-electron chi connectivity index (χ2n) is 5.06. The van der Waals surface area contributed by atoms with E-state index < -0.39 is 0 Å². The number of benzene rings is 1. The number of aromatic nitrogens is 1. The number of nitrogens with one attached hydrogen (secondary N) is 1. The smallest absolute Gasteiger partial charge is 0.226 e. The molecule has 0 spiro atoms. The van der Waals surface area contributed by atoms with Gasteiger partial charge in [-0.1, -0.05) is 17.7 Å². The van der Waals surface area contributed by atoms with Crippen molar-refractivity contribution in [2.45, 2.75) is 33.6 Å². The maximum atomic E-state index is 11.7. The van der Waals surface area contributed by atoms with Gasteiger partial charge in [0, 0.05) is 11.8 Å². The first kappa shape index (κ1) is 15.5. The number of ether oxygens (including phenoxy) is 1. The number of thiazole rings is 1. The van der Waals surface area contributed by atoms with Gasteiger partial charge in [-0.15, -0.1) is 11.3 Å². The number of hydrogen-bond acceptors (Lipinski definition) is 4. The van der Waals surface area contributed by atoms with Crippen LogP contribution >= 0.6 is 11.3 Å². The Balaban J connectivity index is 1.70. The first-order valence-electron chi connectivity index (χ1n) is 6.96. The Morgan fingerprint density at radius 3 is 2.81 bits per heavy atom. The van der Waals surface area contributed by atoms with E-state index in [0.717, 1.165) is 17.0 Å². The molecule has 1 N–H and O–H groups in total. The Labute approximate surface area is 129 Å². The van der Waals surface area contributed by atoms with Gasteiger partial charge < -0.3 is 10.1 Å². The summed E-state index contributed by atoms with van der Waals surface area (Å²) in [6.45, 7) is 6.53. The molecular weight excluding hydrogens is 284 g/mol. The standard InChI is InChI=1S/C16H20N2O2S/c1-11-6-7-14(12(2)9-11)20-8-4-5-15(19)18-16-17-13(3)10-21-16/h6-7,9-10H,4-5,8H2,1-3H3,(H,17,18,19). The van der Waals surface area contributed by atoms with E-state index in [1.165, 1.54) is 16.9 Å². The highest BCUT2D eigenvalue weighted by molar-refractivity contribution is 7.13. The number of anilines is 1. The summed E-state index contributed by atoms with van der Waals surface area (Å²) in [6, 6.07) is 6.09. The van der Waals surface area contributed by atoms with Crippen molar-refractivity contribution in [2.24, 2.45) is 0 Å². The van der Waals surface area contributed by atoms with E-state index in [1.807, 2.05) is 31.4 Å². The molecule has 2 aromatic rings. The summed E-state index contributed by atoms with van der Waals surface area (Å²) in [6.07, 6.45) is 1.12. The molecule has 0 bridgehead atoms. The quantitative estimate of drug-likeness (QED) is 0.824. The van der Waals surface area contributed by atoms with E-state index in [9.17, 15) is 4.79 Å². The monoisotopic (exact) mass is 304 g/mol. The van der Waals surface area contributed by atoms with Gasteiger partial charge in [0.05, 0.1) is 12.3 Å². The highest BCUT2D eigenvalue weighted by Crippen LogP contribution is 2.19. The Morgan fingerprint density at radius 2 is 2.14 bits per heavy atom. The van der Waals surface area contributed by atoms with E-state index in [1.54, 1.807) is 0 Å². The van der Waals surface area contributed by atoms with Crippen LogP contribution in [0.2, 0.25) is 0 Å². The number of nitrogens with zero attached hydrogens (tertiary/aromatic N) is 1. The molecular formula is C16H20N2O2S. The van der Waals surface area contributed by atoms with Crippen molar-refractivity contribution in [3.05, 3.63) is 40.4 Å². The maximum Gasteiger partial charge on any atom is 0.226 e. The van der Waals surface area contributed by atoms with Gasteiger partial charge in [0.15, 0.2) is 5.13 Å². The molecule has 0 saturated heterocycles. The van der Waals surface area contributed by atoms with Gasteiger partial charge in [0.25, 0.3) is 0 Å². The topological polar surface area (TPSA) is 51.2 Å². The third-order valence-electron chi connectivity index (χ3n) is 3.00. The summed E-state index contributed by atoms with van der Waals surface area (Å²) in [5.74, 6) is 0.866. The lowest BCUT2D eigenvalue weighted by atomic mass is 10.1.